The molecule has 0 bridgehead atoms. The molecule has 1 aromatic rings. The molecule has 0 saturated carbocycles. The number of piperidine rings is 1. The number of amides is 1. The lowest BCUT2D eigenvalue weighted by atomic mass is 9.85. The molecule has 0 unspecified atom stereocenters. The Balaban J connectivity index is 1.47. The van der Waals surface area contributed by atoms with Crippen LogP contribution in [0.1, 0.15) is 71.0 Å². The minimum Gasteiger partial charge on any atom is -0.367 e. The molecule has 30 heavy (non-hydrogen) atoms. The van der Waals surface area contributed by atoms with E-state index in [1.807, 2.05) is 31.7 Å². The third-order valence-electron chi connectivity index (χ3n) is 6.87. The average molecular weight is 421 g/mol. The Hall–Kier alpha value is -1.92. The number of allylic oxidation sites excluding steroid dienone is 2. The topological polar surface area (TPSA) is 50.2 Å². The summed E-state index contributed by atoms with van der Waals surface area (Å²) in [7, 11) is 0. The number of anilines is 1. The van der Waals surface area contributed by atoms with Gasteiger partial charge in [-0.05, 0) is 43.9 Å². The van der Waals surface area contributed by atoms with E-state index in [0.717, 1.165) is 37.9 Å². The van der Waals surface area contributed by atoms with Gasteiger partial charge in [-0.1, -0.05) is 32.9 Å². The average Bonchev–Trinajstić information content (AvgIpc) is 3.36. The lowest BCUT2D eigenvalue weighted by Gasteiger charge is -2.41. The zero-order valence-corrected chi connectivity index (χ0v) is 18.3. The van der Waals surface area contributed by atoms with Crippen LogP contribution in [0.5, 0.6) is 0 Å². The van der Waals surface area contributed by atoms with Crippen LogP contribution < -0.4 is 5.32 Å². The number of carbonyl (C=O) groups is 1. The SMILES string of the molecule is CC(C)(C)c1cc2n(n1)[C@@H](C(F)F)C[C@@H]([C@H]1CCCN(C(=O)C[C@H]3C=CCC3)C1)N2. The lowest BCUT2D eigenvalue weighted by molar-refractivity contribution is -0.133. The maximum absolute atomic E-state index is 13.9. The molecule has 1 fully saturated rings. The number of hydrogen-bond donors (Lipinski definition) is 1. The summed E-state index contributed by atoms with van der Waals surface area (Å²) < 4.78 is 29.3. The first-order valence-electron chi connectivity index (χ1n) is 11.3. The summed E-state index contributed by atoms with van der Waals surface area (Å²) in [5, 5.41) is 8.00. The second kappa shape index (κ2) is 8.31. The van der Waals surface area contributed by atoms with Crippen molar-refractivity contribution in [2.75, 3.05) is 18.4 Å². The standard InChI is InChI=1S/C23H34F2N4O/c1-23(2,3)19-13-20-26-17(12-18(22(24)25)29(20)27-19)16-9-6-10-28(14-16)21(30)11-15-7-4-5-8-15/h4,7,13,15-18,22,26H,5-6,8-12,14H2,1-3H3/t15-,16-,17-,18+/m0/s1. The lowest BCUT2D eigenvalue weighted by Crippen LogP contribution is -2.48. The molecule has 1 amide bonds. The van der Waals surface area contributed by atoms with Crippen molar-refractivity contribution in [1.82, 2.24) is 14.7 Å². The van der Waals surface area contributed by atoms with Crippen molar-refractivity contribution >= 4 is 11.7 Å². The first-order valence-corrected chi connectivity index (χ1v) is 11.3. The summed E-state index contributed by atoms with van der Waals surface area (Å²) in [5.41, 5.74) is 0.623. The Bertz CT molecular complexity index is 798. The molecule has 7 heteroatoms. The summed E-state index contributed by atoms with van der Waals surface area (Å²) in [6.07, 6.45) is 6.77. The summed E-state index contributed by atoms with van der Waals surface area (Å²) >= 11 is 0. The Labute approximate surface area is 177 Å². The molecule has 4 atom stereocenters. The second-order valence-corrected chi connectivity index (χ2v) is 10.2. The first kappa shape index (κ1) is 21.3. The van der Waals surface area contributed by atoms with E-state index in [9.17, 15) is 13.6 Å². The van der Waals surface area contributed by atoms with Gasteiger partial charge in [0.15, 0.2) is 0 Å². The third kappa shape index (κ3) is 4.40. The van der Waals surface area contributed by atoms with Gasteiger partial charge in [0, 0.05) is 37.0 Å². The largest absolute Gasteiger partial charge is 0.367 e. The highest BCUT2D eigenvalue weighted by Crippen LogP contribution is 2.38. The zero-order chi connectivity index (χ0) is 21.5. The monoisotopic (exact) mass is 420 g/mol. The quantitative estimate of drug-likeness (QED) is 0.714. The van der Waals surface area contributed by atoms with Crippen LogP contribution in [-0.4, -0.2) is 46.1 Å². The van der Waals surface area contributed by atoms with Crippen molar-refractivity contribution in [2.45, 2.75) is 83.2 Å². The van der Waals surface area contributed by atoms with E-state index >= 15 is 0 Å². The normalized spacial score (nSPS) is 29.2. The minimum absolute atomic E-state index is 0.0667. The van der Waals surface area contributed by atoms with E-state index < -0.39 is 12.5 Å². The molecule has 0 radical (unpaired) electrons. The van der Waals surface area contributed by atoms with Crippen molar-refractivity contribution < 1.29 is 13.6 Å². The number of carbonyl (C=O) groups excluding carboxylic acids is 1. The number of aromatic nitrogens is 2. The number of rotatable bonds is 4. The van der Waals surface area contributed by atoms with Crippen molar-refractivity contribution in [1.29, 1.82) is 0 Å². The number of alkyl halides is 2. The molecule has 2 aliphatic heterocycles. The molecule has 1 aliphatic carbocycles. The van der Waals surface area contributed by atoms with E-state index in [1.54, 1.807) is 0 Å². The first-order chi connectivity index (χ1) is 14.2. The Morgan fingerprint density at radius 3 is 2.80 bits per heavy atom. The molecular formula is C23H34F2N4O. The molecule has 0 spiro atoms. The molecule has 4 rings (SSSR count). The predicted molar refractivity (Wildman–Crippen MR) is 114 cm³/mol. The maximum atomic E-state index is 13.9. The van der Waals surface area contributed by atoms with E-state index in [4.69, 9.17) is 0 Å². The van der Waals surface area contributed by atoms with Crippen LogP contribution in [0, 0.1) is 11.8 Å². The van der Waals surface area contributed by atoms with E-state index in [2.05, 4.69) is 22.6 Å². The number of hydrogen-bond acceptors (Lipinski definition) is 3. The molecule has 166 valence electrons. The van der Waals surface area contributed by atoms with Gasteiger partial charge < -0.3 is 10.2 Å². The van der Waals surface area contributed by atoms with Crippen LogP contribution in [0.2, 0.25) is 0 Å². The fourth-order valence-electron chi connectivity index (χ4n) is 5.03. The third-order valence-corrected chi connectivity index (χ3v) is 6.87. The summed E-state index contributed by atoms with van der Waals surface area (Å²) in [5.74, 6) is 1.43. The van der Waals surface area contributed by atoms with Gasteiger partial charge in [-0.25, -0.2) is 13.5 Å². The van der Waals surface area contributed by atoms with Gasteiger partial charge in [0.25, 0.3) is 6.43 Å². The molecule has 1 aromatic heterocycles. The molecule has 0 aromatic carbocycles. The highest BCUT2D eigenvalue weighted by atomic mass is 19.3. The smallest absolute Gasteiger partial charge is 0.260 e. The number of likely N-dealkylation sites (tertiary alicyclic amines) is 1. The Kier molecular flexibility index (Phi) is 5.90. The summed E-state index contributed by atoms with van der Waals surface area (Å²) in [6, 6.07) is 0.930. The molecular weight excluding hydrogens is 386 g/mol. The number of nitrogens with one attached hydrogen (secondary N) is 1. The zero-order valence-electron chi connectivity index (χ0n) is 18.3. The number of nitrogens with zero attached hydrogens (tertiary/aromatic N) is 3. The van der Waals surface area contributed by atoms with Crippen LogP contribution >= 0.6 is 0 Å². The molecule has 1 N–H and O–H groups in total. The fourth-order valence-corrected chi connectivity index (χ4v) is 5.03. The van der Waals surface area contributed by atoms with Crippen LogP contribution in [-0.2, 0) is 10.2 Å². The molecule has 5 nitrogen and oxygen atoms in total. The Morgan fingerprint density at radius 2 is 2.13 bits per heavy atom. The minimum atomic E-state index is -2.46. The van der Waals surface area contributed by atoms with Gasteiger partial charge in [-0.2, -0.15) is 5.10 Å². The van der Waals surface area contributed by atoms with Crippen molar-refractivity contribution in [3.8, 4) is 0 Å². The van der Waals surface area contributed by atoms with Gasteiger partial charge >= 0.3 is 0 Å². The summed E-state index contributed by atoms with van der Waals surface area (Å²) in [4.78, 5) is 14.8. The van der Waals surface area contributed by atoms with Gasteiger partial charge in [-0.3, -0.25) is 4.79 Å². The molecule has 3 aliphatic rings. The van der Waals surface area contributed by atoms with E-state index in [0.29, 0.717) is 31.1 Å². The van der Waals surface area contributed by atoms with Gasteiger partial charge in [0.2, 0.25) is 5.91 Å². The summed E-state index contributed by atoms with van der Waals surface area (Å²) in [6.45, 7) is 7.56. The van der Waals surface area contributed by atoms with Crippen LogP contribution in [0.15, 0.2) is 18.2 Å². The Morgan fingerprint density at radius 1 is 1.33 bits per heavy atom. The van der Waals surface area contributed by atoms with Crippen LogP contribution in [0.25, 0.3) is 0 Å². The van der Waals surface area contributed by atoms with Gasteiger partial charge in [0.1, 0.15) is 11.9 Å². The molecule has 1 saturated heterocycles. The molecule has 3 heterocycles. The number of halogens is 2. The highest BCUT2D eigenvalue weighted by Gasteiger charge is 2.39. The van der Waals surface area contributed by atoms with Crippen molar-refractivity contribution in [3.63, 3.8) is 0 Å². The van der Waals surface area contributed by atoms with Crippen molar-refractivity contribution in [3.05, 3.63) is 23.9 Å². The van der Waals surface area contributed by atoms with Crippen molar-refractivity contribution in [2.24, 2.45) is 11.8 Å². The van der Waals surface area contributed by atoms with Gasteiger partial charge in [0.05, 0.1) is 5.69 Å². The van der Waals surface area contributed by atoms with E-state index in [-0.39, 0.29) is 23.3 Å². The van der Waals surface area contributed by atoms with Crippen LogP contribution in [0.4, 0.5) is 14.6 Å². The van der Waals surface area contributed by atoms with Crippen LogP contribution in [0.3, 0.4) is 0 Å². The second-order valence-electron chi connectivity index (χ2n) is 10.2. The van der Waals surface area contributed by atoms with E-state index in [1.165, 1.54) is 4.68 Å². The maximum Gasteiger partial charge on any atom is 0.260 e. The predicted octanol–water partition coefficient (Wildman–Crippen LogP) is 4.77. The number of fused-ring (bicyclic) bond motifs is 1. The highest BCUT2D eigenvalue weighted by molar-refractivity contribution is 5.76. The van der Waals surface area contributed by atoms with Gasteiger partial charge in [-0.15, -0.1) is 0 Å². The fraction of sp³-hybridized carbons (Fsp3) is 0.739.